The lowest BCUT2D eigenvalue weighted by Gasteiger charge is -2.30. The molecular formula is C19H23NO2. The van der Waals surface area contributed by atoms with Gasteiger partial charge in [0.1, 0.15) is 6.54 Å². The van der Waals surface area contributed by atoms with Gasteiger partial charge < -0.3 is 10.4 Å². The number of benzene rings is 1. The third kappa shape index (κ3) is 5.27. The van der Waals surface area contributed by atoms with Crippen molar-refractivity contribution in [2.24, 2.45) is 5.41 Å². The first-order valence-electron chi connectivity index (χ1n) is 7.59. The predicted octanol–water partition coefficient (Wildman–Crippen LogP) is 3.69. The predicted molar refractivity (Wildman–Crippen MR) is 88.5 cm³/mol. The molecule has 0 atom stereocenters. The zero-order valence-corrected chi connectivity index (χ0v) is 13.2. The van der Waals surface area contributed by atoms with E-state index in [1.54, 1.807) is 0 Å². The van der Waals surface area contributed by atoms with E-state index < -0.39 is 5.97 Å². The molecule has 2 N–H and O–H groups in total. The molecule has 116 valence electrons. The highest BCUT2D eigenvalue weighted by Crippen LogP contribution is 2.36. The smallest absolute Gasteiger partial charge is 0.322 e. The molecule has 0 amide bonds. The summed E-state index contributed by atoms with van der Waals surface area (Å²) in [6.45, 7) is 4.35. The van der Waals surface area contributed by atoms with E-state index in [9.17, 15) is 4.79 Å². The highest BCUT2D eigenvalue weighted by molar-refractivity contribution is 5.69. The van der Waals surface area contributed by atoms with E-state index in [1.807, 2.05) is 24.3 Å². The van der Waals surface area contributed by atoms with E-state index >= 15 is 0 Å². The number of carboxylic acids is 1. The fourth-order valence-electron chi connectivity index (χ4n) is 2.72. The second kappa shape index (κ2) is 7.15. The van der Waals surface area contributed by atoms with Gasteiger partial charge in [0, 0.05) is 5.70 Å². The van der Waals surface area contributed by atoms with E-state index in [-0.39, 0.29) is 12.0 Å². The second-order valence-corrected chi connectivity index (χ2v) is 6.50. The van der Waals surface area contributed by atoms with Gasteiger partial charge in [-0.2, -0.15) is 0 Å². The molecule has 0 heterocycles. The summed E-state index contributed by atoms with van der Waals surface area (Å²) in [6.07, 6.45) is 6.77. The number of hydrogen-bond acceptors (Lipinski definition) is 2. The number of carbonyl (C=O) groups is 1. The number of aliphatic carboxylic acids is 1. The quantitative estimate of drug-likeness (QED) is 0.815. The molecule has 0 bridgehead atoms. The van der Waals surface area contributed by atoms with Crippen LogP contribution in [-0.4, -0.2) is 17.6 Å². The summed E-state index contributed by atoms with van der Waals surface area (Å²) >= 11 is 0. The molecular weight excluding hydrogens is 274 g/mol. The van der Waals surface area contributed by atoms with Crippen molar-refractivity contribution in [1.82, 2.24) is 5.32 Å². The largest absolute Gasteiger partial charge is 0.480 e. The summed E-state index contributed by atoms with van der Waals surface area (Å²) in [4.78, 5) is 10.7. The molecule has 0 radical (unpaired) electrons. The molecule has 0 saturated carbocycles. The average molecular weight is 297 g/mol. The summed E-state index contributed by atoms with van der Waals surface area (Å²) in [5.74, 6) is -0.838. The Morgan fingerprint density at radius 2 is 2.05 bits per heavy atom. The fourth-order valence-corrected chi connectivity index (χ4v) is 2.72. The maximum atomic E-state index is 10.7. The van der Waals surface area contributed by atoms with Crippen LogP contribution < -0.4 is 5.32 Å². The molecule has 0 fully saturated rings. The van der Waals surface area contributed by atoms with Gasteiger partial charge >= 0.3 is 5.97 Å². The molecule has 0 spiro atoms. The highest BCUT2D eigenvalue weighted by Gasteiger charge is 2.25. The van der Waals surface area contributed by atoms with Crippen LogP contribution in [0.4, 0.5) is 0 Å². The summed E-state index contributed by atoms with van der Waals surface area (Å²) < 4.78 is 0. The van der Waals surface area contributed by atoms with E-state index in [2.05, 4.69) is 43.1 Å². The summed E-state index contributed by atoms with van der Waals surface area (Å²) in [5.41, 5.74) is 6.86. The Morgan fingerprint density at radius 1 is 1.32 bits per heavy atom. The molecule has 3 nitrogen and oxygen atoms in total. The number of nitrogens with one attached hydrogen (secondary N) is 1. The van der Waals surface area contributed by atoms with Crippen LogP contribution in [0.1, 0.15) is 32.3 Å². The van der Waals surface area contributed by atoms with Crippen molar-refractivity contribution < 1.29 is 9.90 Å². The normalized spacial score (nSPS) is 16.5. The van der Waals surface area contributed by atoms with Crippen molar-refractivity contribution in [3.8, 4) is 0 Å². The molecule has 3 heteroatoms. The van der Waals surface area contributed by atoms with Crippen LogP contribution in [0, 0.1) is 5.41 Å². The minimum atomic E-state index is -0.838. The molecule has 0 aromatic heterocycles. The minimum absolute atomic E-state index is 0.0388. The van der Waals surface area contributed by atoms with Crippen LogP contribution in [0.2, 0.25) is 0 Å². The van der Waals surface area contributed by atoms with Gasteiger partial charge in [-0.3, -0.25) is 4.79 Å². The van der Waals surface area contributed by atoms with Gasteiger partial charge in [-0.15, -0.1) is 5.73 Å². The van der Waals surface area contributed by atoms with Crippen molar-refractivity contribution in [3.05, 3.63) is 65.0 Å². The van der Waals surface area contributed by atoms with Crippen LogP contribution in [0.25, 0.3) is 0 Å². The standard InChI is InChI=1S/C19H23NO2/c1-19(2)12-16(11-17(13-19)20-14-18(21)22)10-6-9-15-7-4-3-5-8-15/h3-8,11,20H,9,12-14H2,1-2H3,(H,21,22). The number of allylic oxidation sites excluding steroid dienone is 3. The summed E-state index contributed by atoms with van der Waals surface area (Å²) in [5, 5.41) is 11.8. The first kappa shape index (κ1) is 16.1. The van der Waals surface area contributed by atoms with Crippen molar-refractivity contribution in [2.75, 3.05) is 6.54 Å². The first-order chi connectivity index (χ1) is 10.4. The van der Waals surface area contributed by atoms with Crippen LogP contribution in [0.15, 0.2) is 59.5 Å². The van der Waals surface area contributed by atoms with Gasteiger partial charge in [0.25, 0.3) is 0 Å². The Kier molecular flexibility index (Phi) is 5.24. The van der Waals surface area contributed by atoms with Gasteiger partial charge in [0.2, 0.25) is 0 Å². The minimum Gasteiger partial charge on any atom is -0.480 e. The molecule has 2 rings (SSSR count). The van der Waals surface area contributed by atoms with Crippen molar-refractivity contribution in [1.29, 1.82) is 0 Å². The Hall–Kier alpha value is -2.25. The Balaban J connectivity index is 2.11. The lowest BCUT2D eigenvalue weighted by Crippen LogP contribution is -2.28. The van der Waals surface area contributed by atoms with Gasteiger partial charge in [0.05, 0.1) is 0 Å². The first-order valence-corrected chi connectivity index (χ1v) is 7.59. The molecule has 0 aliphatic heterocycles. The third-order valence-electron chi connectivity index (χ3n) is 3.62. The van der Waals surface area contributed by atoms with Crippen LogP contribution in [-0.2, 0) is 11.2 Å². The number of carboxylic acid groups (broad SMARTS) is 1. The zero-order chi connectivity index (χ0) is 16.0. The topological polar surface area (TPSA) is 49.3 Å². The average Bonchev–Trinajstić information content (AvgIpc) is 2.45. The maximum Gasteiger partial charge on any atom is 0.322 e. The lowest BCUT2D eigenvalue weighted by molar-refractivity contribution is -0.135. The van der Waals surface area contributed by atoms with Crippen molar-refractivity contribution in [2.45, 2.75) is 33.1 Å². The van der Waals surface area contributed by atoms with Crippen molar-refractivity contribution >= 4 is 5.97 Å². The molecule has 0 unspecified atom stereocenters. The van der Waals surface area contributed by atoms with E-state index in [0.717, 1.165) is 30.5 Å². The van der Waals surface area contributed by atoms with E-state index in [4.69, 9.17) is 5.11 Å². The monoisotopic (exact) mass is 297 g/mol. The third-order valence-corrected chi connectivity index (χ3v) is 3.62. The van der Waals surface area contributed by atoms with Gasteiger partial charge in [0.15, 0.2) is 0 Å². The number of hydrogen-bond donors (Lipinski definition) is 2. The summed E-state index contributed by atoms with van der Waals surface area (Å²) in [6, 6.07) is 10.3. The molecule has 22 heavy (non-hydrogen) atoms. The van der Waals surface area contributed by atoms with E-state index in [1.165, 1.54) is 5.56 Å². The SMILES string of the molecule is CC1(C)CC(=C=CCc2ccccc2)C=C(NCC(=O)O)C1. The Morgan fingerprint density at radius 3 is 2.73 bits per heavy atom. The molecule has 1 aliphatic rings. The van der Waals surface area contributed by atoms with Crippen LogP contribution in [0.3, 0.4) is 0 Å². The van der Waals surface area contributed by atoms with Crippen molar-refractivity contribution in [3.63, 3.8) is 0 Å². The van der Waals surface area contributed by atoms with Crippen LogP contribution in [0.5, 0.6) is 0 Å². The molecule has 0 saturated heterocycles. The number of rotatable bonds is 5. The fraction of sp³-hybridized carbons (Fsp3) is 0.368. The molecule has 1 aliphatic carbocycles. The van der Waals surface area contributed by atoms with Gasteiger partial charge in [-0.1, -0.05) is 44.2 Å². The lowest BCUT2D eigenvalue weighted by atomic mass is 9.77. The van der Waals surface area contributed by atoms with Crippen LogP contribution >= 0.6 is 0 Å². The second-order valence-electron chi connectivity index (χ2n) is 6.50. The molecule has 1 aromatic rings. The highest BCUT2D eigenvalue weighted by atomic mass is 16.4. The molecule has 1 aromatic carbocycles. The Labute approximate surface area is 132 Å². The summed E-state index contributed by atoms with van der Waals surface area (Å²) in [7, 11) is 0. The Bertz CT molecular complexity index is 620. The van der Waals surface area contributed by atoms with Gasteiger partial charge in [-0.25, -0.2) is 0 Å². The zero-order valence-electron chi connectivity index (χ0n) is 13.2. The van der Waals surface area contributed by atoms with Gasteiger partial charge in [-0.05, 0) is 48.0 Å². The maximum absolute atomic E-state index is 10.7. The van der Waals surface area contributed by atoms with E-state index in [0.29, 0.717) is 0 Å².